The maximum Gasteiger partial charge on any atom is 0.241 e. The number of benzene rings is 1. The van der Waals surface area contributed by atoms with Crippen molar-refractivity contribution in [2.24, 2.45) is 0 Å². The molecule has 0 unspecified atom stereocenters. The zero-order valence-electron chi connectivity index (χ0n) is 14.6. The Kier molecular flexibility index (Phi) is 5.48. The zero-order chi connectivity index (χ0) is 17.6. The summed E-state index contributed by atoms with van der Waals surface area (Å²) < 4.78 is 11.1. The first-order valence-corrected chi connectivity index (χ1v) is 8.61. The molecule has 0 saturated carbocycles. The molecule has 132 valence electrons. The van der Waals surface area contributed by atoms with E-state index in [0.717, 1.165) is 37.4 Å². The molecule has 0 atom stereocenters. The molecule has 0 radical (unpaired) electrons. The average molecular weight is 341 g/mol. The van der Waals surface area contributed by atoms with Crippen molar-refractivity contribution in [3.05, 3.63) is 42.4 Å². The number of amides is 1. The van der Waals surface area contributed by atoms with Crippen LogP contribution in [0.25, 0.3) is 0 Å². The van der Waals surface area contributed by atoms with Crippen LogP contribution in [0.2, 0.25) is 0 Å². The fourth-order valence-corrected chi connectivity index (χ4v) is 3.08. The number of carbonyl (C=O) groups is 1. The molecule has 25 heavy (non-hydrogen) atoms. The molecule has 0 spiro atoms. The number of likely N-dealkylation sites (tertiary alicyclic amines) is 1. The van der Waals surface area contributed by atoms with Gasteiger partial charge in [-0.1, -0.05) is 6.92 Å². The maximum atomic E-state index is 11.8. The molecular weight excluding hydrogens is 318 g/mol. The van der Waals surface area contributed by atoms with Gasteiger partial charge in [0.2, 0.25) is 11.8 Å². The summed E-state index contributed by atoms with van der Waals surface area (Å²) in [4.78, 5) is 22.6. The second-order valence-electron chi connectivity index (χ2n) is 6.03. The van der Waals surface area contributed by atoms with Gasteiger partial charge in [0.25, 0.3) is 0 Å². The summed E-state index contributed by atoms with van der Waals surface area (Å²) in [5.74, 6) is 2.48. The molecule has 0 N–H and O–H groups in total. The number of rotatable bonds is 5. The van der Waals surface area contributed by atoms with Gasteiger partial charge in [0.15, 0.2) is 0 Å². The van der Waals surface area contributed by atoms with E-state index >= 15 is 0 Å². The van der Waals surface area contributed by atoms with E-state index in [4.69, 9.17) is 9.47 Å². The Balaban J connectivity index is 1.72. The van der Waals surface area contributed by atoms with Crippen LogP contribution in [0.15, 0.2) is 36.7 Å². The Morgan fingerprint density at radius 3 is 2.40 bits per heavy atom. The Labute approximate surface area is 147 Å². The fraction of sp³-hybridized carbons (Fsp3) is 0.421. The van der Waals surface area contributed by atoms with Crippen molar-refractivity contribution in [1.29, 1.82) is 0 Å². The van der Waals surface area contributed by atoms with Crippen LogP contribution in [0.1, 0.15) is 37.8 Å². The second kappa shape index (κ2) is 7.96. The first-order chi connectivity index (χ1) is 12.2. The van der Waals surface area contributed by atoms with Crippen molar-refractivity contribution >= 4 is 5.91 Å². The molecule has 1 aliphatic heterocycles. The van der Waals surface area contributed by atoms with E-state index in [0.29, 0.717) is 18.1 Å². The van der Waals surface area contributed by atoms with Gasteiger partial charge in [-0.3, -0.25) is 9.78 Å². The number of piperidine rings is 1. The van der Waals surface area contributed by atoms with Gasteiger partial charge >= 0.3 is 0 Å². The van der Waals surface area contributed by atoms with Gasteiger partial charge in [0.05, 0.1) is 7.11 Å². The summed E-state index contributed by atoms with van der Waals surface area (Å²) in [5, 5.41) is 0. The molecule has 1 aliphatic rings. The Morgan fingerprint density at radius 2 is 1.76 bits per heavy atom. The van der Waals surface area contributed by atoms with Crippen molar-refractivity contribution in [3.8, 4) is 17.4 Å². The fourth-order valence-electron chi connectivity index (χ4n) is 3.08. The largest absolute Gasteiger partial charge is 0.497 e. The average Bonchev–Trinajstić information content (AvgIpc) is 2.68. The lowest BCUT2D eigenvalue weighted by atomic mass is 9.93. The minimum atomic E-state index is 0.215. The molecule has 3 rings (SSSR count). The summed E-state index contributed by atoms with van der Waals surface area (Å²) >= 11 is 0. The molecule has 0 aliphatic carbocycles. The maximum absolute atomic E-state index is 11.8. The summed E-state index contributed by atoms with van der Waals surface area (Å²) in [5.41, 5.74) is 0.863. The van der Waals surface area contributed by atoms with Gasteiger partial charge in [0, 0.05) is 37.8 Å². The first kappa shape index (κ1) is 17.2. The summed E-state index contributed by atoms with van der Waals surface area (Å²) in [6.45, 7) is 3.42. The standard InChI is InChI=1S/C19H23N3O3/c1-3-17(23)22-12-8-14(9-13-22)18-19(21-11-10-20-18)25-16-6-4-15(24-2)5-7-16/h4-7,10-11,14H,3,8-9,12-13H2,1-2H3. The molecule has 1 aromatic heterocycles. The lowest BCUT2D eigenvalue weighted by molar-refractivity contribution is -0.131. The lowest BCUT2D eigenvalue weighted by Crippen LogP contribution is -2.37. The SMILES string of the molecule is CCC(=O)N1CCC(c2nccnc2Oc2ccc(OC)cc2)CC1. The van der Waals surface area contributed by atoms with Crippen LogP contribution < -0.4 is 9.47 Å². The van der Waals surface area contributed by atoms with E-state index in [2.05, 4.69) is 9.97 Å². The van der Waals surface area contributed by atoms with E-state index in [1.165, 1.54) is 0 Å². The predicted molar refractivity (Wildman–Crippen MR) is 93.9 cm³/mol. The highest BCUT2D eigenvalue weighted by atomic mass is 16.5. The Bertz CT molecular complexity index is 710. The number of methoxy groups -OCH3 is 1. The van der Waals surface area contributed by atoms with E-state index < -0.39 is 0 Å². The van der Waals surface area contributed by atoms with Crippen molar-refractivity contribution in [2.45, 2.75) is 32.1 Å². The predicted octanol–water partition coefficient (Wildman–Crippen LogP) is 3.39. The lowest BCUT2D eigenvalue weighted by Gasteiger charge is -2.31. The van der Waals surface area contributed by atoms with Gasteiger partial charge < -0.3 is 14.4 Å². The highest BCUT2D eigenvalue weighted by molar-refractivity contribution is 5.75. The van der Waals surface area contributed by atoms with Crippen molar-refractivity contribution in [2.75, 3.05) is 20.2 Å². The second-order valence-corrected chi connectivity index (χ2v) is 6.03. The molecule has 1 amide bonds. The molecule has 6 nitrogen and oxygen atoms in total. The Hall–Kier alpha value is -2.63. The summed E-state index contributed by atoms with van der Waals surface area (Å²) in [6, 6.07) is 7.39. The minimum Gasteiger partial charge on any atom is -0.497 e. The highest BCUT2D eigenvalue weighted by Crippen LogP contribution is 2.33. The van der Waals surface area contributed by atoms with Crippen molar-refractivity contribution in [1.82, 2.24) is 14.9 Å². The van der Waals surface area contributed by atoms with E-state index in [-0.39, 0.29) is 11.8 Å². The van der Waals surface area contributed by atoms with Crippen LogP contribution >= 0.6 is 0 Å². The van der Waals surface area contributed by atoms with Crippen molar-refractivity contribution in [3.63, 3.8) is 0 Å². The molecule has 6 heteroatoms. The molecule has 1 fully saturated rings. The molecule has 2 heterocycles. The highest BCUT2D eigenvalue weighted by Gasteiger charge is 2.26. The zero-order valence-corrected chi connectivity index (χ0v) is 14.6. The third kappa shape index (κ3) is 4.07. The van der Waals surface area contributed by atoms with Crippen LogP contribution in [-0.2, 0) is 4.79 Å². The van der Waals surface area contributed by atoms with Gasteiger partial charge in [-0.05, 0) is 37.1 Å². The third-order valence-electron chi connectivity index (χ3n) is 4.50. The van der Waals surface area contributed by atoms with Gasteiger partial charge in [0.1, 0.15) is 17.2 Å². The summed E-state index contributed by atoms with van der Waals surface area (Å²) in [6.07, 6.45) is 5.65. The van der Waals surface area contributed by atoms with Crippen LogP contribution in [-0.4, -0.2) is 41.0 Å². The van der Waals surface area contributed by atoms with Crippen molar-refractivity contribution < 1.29 is 14.3 Å². The van der Waals surface area contributed by atoms with E-state index in [1.54, 1.807) is 19.5 Å². The van der Waals surface area contributed by atoms with Crippen LogP contribution in [0.5, 0.6) is 17.4 Å². The number of ether oxygens (including phenoxy) is 2. The quantitative estimate of drug-likeness (QED) is 0.834. The van der Waals surface area contributed by atoms with Crippen LogP contribution in [0.3, 0.4) is 0 Å². The molecule has 1 aromatic carbocycles. The topological polar surface area (TPSA) is 64.6 Å². The summed E-state index contributed by atoms with van der Waals surface area (Å²) in [7, 11) is 1.63. The van der Waals surface area contributed by atoms with Gasteiger partial charge in [-0.15, -0.1) is 0 Å². The van der Waals surface area contributed by atoms with Gasteiger partial charge in [-0.2, -0.15) is 0 Å². The third-order valence-corrected chi connectivity index (χ3v) is 4.50. The molecular formula is C19H23N3O3. The smallest absolute Gasteiger partial charge is 0.241 e. The van der Waals surface area contributed by atoms with E-state index in [1.807, 2.05) is 36.1 Å². The molecule has 1 saturated heterocycles. The number of hydrogen-bond donors (Lipinski definition) is 0. The van der Waals surface area contributed by atoms with E-state index in [9.17, 15) is 4.79 Å². The van der Waals surface area contributed by atoms with Crippen LogP contribution in [0, 0.1) is 0 Å². The first-order valence-electron chi connectivity index (χ1n) is 8.61. The molecule has 2 aromatic rings. The molecule has 0 bridgehead atoms. The number of hydrogen-bond acceptors (Lipinski definition) is 5. The minimum absolute atomic E-state index is 0.215. The van der Waals surface area contributed by atoms with Crippen LogP contribution in [0.4, 0.5) is 0 Å². The number of carbonyl (C=O) groups excluding carboxylic acids is 1. The number of nitrogens with zero attached hydrogens (tertiary/aromatic N) is 3. The monoisotopic (exact) mass is 341 g/mol. The number of aromatic nitrogens is 2. The Morgan fingerprint density at radius 1 is 1.12 bits per heavy atom. The van der Waals surface area contributed by atoms with Gasteiger partial charge in [-0.25, -0.2) is 4.98 Å². The normalized spacial score (nSPS) is 15.0.